The largest absolute Gasteiger partial charge is 0.491 e. The number of terminal acetylenes is 1. The summed E-state index contributed by atoms with van der Waals surface area (Å²) in [4.78, 5) is 12.1. The third-order valence-electron chi connectivity index (χ3n) is 3.70. The number of rotatable bonds is 14. The Balaban J connectivity index is 2.38. The summed E-state index contributed by atoms with van der Waals surface area (Å²) in [6, 6.07) is 8.00. The predicted octanol–water partition coefficient (Wildman–Crippen LogP) is 4.14. The van der Waals surface area contributed by atoms with Crippen LogP contribution in [-0.4, -0.2) is 44.6 Å². The van der Waals surface area contributed by atoms with Crippen LogP contribution in [-0.2, 0) is 14.3 Å². The molecule has 0 aliphatic rings. The fraction of sp³-hybridized carbons (Fsp3) is 0.571. The van der Waals surface area contributed by atoms with E-state index >= 15 is 0 Å². The van der Waals surface area contributed by atoms with Crippen molar-refractivity contribution < 1.29 is 19.0 Å². The van der Waals surface area contributed by atoms with Gasteiger partial charge >= 0.3 is 0 Å². The second-order valence-electron chi connectivity index (χ2n) is 6.06. The molecule has 0 aromatic heterocycles. The standard InChI is InChI=1S/C21H30O4S/c1-5-11-23-12-13-24-14-15-25-19-9-7-18(8-10-19)21(26-6-2)16-20(22)17(3)4/h1,7-10,17,21H,6,11-16H2,2-4H3. The monoisotopic (exact) mass is 378 g/mol. The molecule has 4 nitrogen and oxygen atoms in total. The molecule has 0 heterocycles. The first-order chi connectivity index (χ1) is 12.6. The summed E-state index contributed by atoms with van der Waals surface area (Å²) < 4.78 is 16.2. The van der Waals surface area contributed by atoms with Crippen LogP contribution in [0.25, 0.3) is 0 Å². The molecular weight excluding hydrogens is 348 g/mol. The van der Waals surface area contributed by atoms with Gasteiger partial charge in [0.25, 0.3) is 0 Å². The van der Waals surface area contributed by atoms with Crippen LogP contribution in [0.5, 0.6) is 5.75 Å². The van der Waals surface area contributed by atoms with Crippen molar-refractivity contribution in [3.63, 3.8) is 0 Å². The summed E-state index contributed by atoms with van der Waals surface area (Å²) >= 11 is 1.81. The van der Waals surface area contributed by atoms with Gasteiger partial charge in [0, 0.05) is 17.6 Å². The number of hydrogen-bond donors (Lipinski definition) is 0. The van der Waals surface area contributed by atoms with Crippen molar-refractivity contribution in [1.29, 1.82) is 0 Å². The van der Waals surface area contributed by atoms with Crippen LogP contribution < -0.4 is 4.74 Å². The van der Waals surface area contributed by atoms with Gasteiger partial charge in [-0.15, -0.1) is 6.42 Å². The van der Waals surface area contributed by atoms with E-state index in [1.807, 2.05) is 49.9 Å². The molecule has 0 aliphatic carbocycles. The fourth-order valence-corrected chi connectivity index (χ4v) is 3.27. The molecule has 0 aliphatic heterocycles. The highest BCUT2D eigenvalue weighted by Gasteiger charge is 2.18. The number of carbonyl (C=O) groups is 1. The highest BCUT2D eigenvalue weighted by Crippen LogP contribution is 2.33. The Morgan fingerprint density at radius 3 is 2.38 bits per heavy atom. The molecule has 0 N–H and O–H groups in total. The van der Waals surface area contributed by atoms with Gasteiger partial charge in [0.1, 0.15) is 24.7 Å². The van der Waals surface area contributed by atoms with E-state index in [-0.39, 0.29) is 11.2 Å². The molecule has 26 heavy (non-hydrogen) atoms. The Morgan fingerprint density at radius 2 is 1.77 bits per heavy atom. The molecule has 0 spiro atoms. The maximum absolute atomic E-state index is 12.1. The maximum Gasteiger partial charge on any atom is 0.136 e. The number of ketones is 1. The molecule has 1 aromatic carbocycles. The van der Waals surface area contributed by atoms with E-state index in [0.29, 0.717) is 45.2 Å². The highest BCUT2D eigenvalue weighted by molar-refractivity contribution is 7.99. The second-order valence-corrected chi connectivity index (χ2v) is 7.54. The zero-order valence-electron chi connectivity index (χ0n) is 16.0. The van der Waals surface area contributed by atoms with Crippen molar-refractivity contribution in [2.24, 2.45) is 5.92 Å². The van der Waals surface area contributed by atoms with Gasteiger partial charge in [-0.2, -0.15) is 11.8 Å². The maximum atomic E-state index is 12.1. The third kappa shape index (κ3) is 9.28. The lowest BCUT2D eigenvalue weighted by atomic mass is 10.0. The van der Waals surface area contributed by atoms with Crippen LogP contribution in [0.15, 0.2) is 24.3 Å². The smallest absolute Gasteiger partial charge is 0.136 e. The molecule has 0 saturated heterocycles. The first-order valence-corrected chi connectivity index (χ1v) is 10.1. The normalized spacial score (nSPS) is 12.0. The van der Waals surface area contributed by atoms with Crippen LogP contribution in [0.4, 0.5) is 0 Å². The average Bonchev–Trinajstić information content (AvgIpc) is 2.64. The Labute approximate surface area is 162 Å². The minimum atomic E-state index is 0.0783. The summed E-state index contributed by atoms with van der Waals surface area (Å²) in [5.74, 6) is 4.57. The van der Waals surface area contributed by atoms with E-state index in [9.17, 15) is 4.79 Å². The molecule has 0 amide bonds. The van der Waals surface area contributed by atoms with Gasteiger partial charge in [-0.3, -0.25) is 4.79 Å². The Morgan fingerprint density at radius 1 is 1.12 bits per heavy atom. The molecule has 0 saturated carbocycles. The Bertz CT molecular complexity index is 548. The first-order valence-electron chi connectivity index (χ1n) is 9.04. The summed E-state index contributed by atoms with van der Waals surface area (Å²) in [5, 5.41) is 0.204. The molecule has 1 aromatic rings. The van der Waals surface area contributed by atoms with Crippen molar-refractivity contribution in [2.45, 2.75) is 32.4 Å². The molecular formula is C21H30O4S. The average molecular weight is 379 g/mol. The first kappa shape index (κ1) is 22.6. The number of thioether (sulfide) groups is 1. The number of carbonyl (C=O) groups excluding carboxylic acids is 1. The van der Waals surface area contributed by atoms with Crippen molar-refractivity contribution in [2.75, 3.05) is 38.8 Å². The zero-order chi connectivity index (χ0) is 19.2. The lowest BCUT2D eigenvalue weighted by Gasteiger charge is -2.17. The summed E-state index contributed by atoms with van der Waals surface area (Å²) in [6.45, 7) is 8.31. The van der Waals surface area contributed by atoms with E-state index in [1.165, 1.54) is 5.56 Å². The van der Waals surface area contributed by atoms with Crippen LogP contribution in [0, 0.1) is 18.3 Å². The highest BCUT2D eigenvalue weighted by atomic mass is 32.2. The van der Waals surface area contributed by atoms with Gasteiger partial charge < -0.3 is 14.2 Å². The summed E-state index contributed by atoms with van der Waals surface area (Å²) in [7, 11) is 0. The van der Waals surface area contributed by atoms with Crippen molar-refractivity contribution in [3.05, 3.63) is 29.8 Å². The minimum Gasteiger partial charge on any atom is -0.491 e. The van der Waals surface area contributed by atoms with Crippen molar-refractivity contribution in [1.82, 2.24) is 0 Å². The second kappa shape index (κ2) is 13.7. The van der Waals surface area contributed by atoms with Gasteiger partial charge in [0.2, 0.25) is 0 Å². The Kier molecular flexibility index (Phi) is 11.9. The molecule has 1 rings (SSSR count). The van der Waals surface area contributed by atoms with E-state index in [2.05, 4.69) is 12.8 Å². The van der Waals surface area contributed by atoms with E-state index < -0.39 is 0 Å². The quantitative estimate of drug-likeness (QED) is 0.360. The number of benzene rings is 1. The van der Waals surface area contributed by atoms with Crippen LogP contribution in [0.1, 0.15) is 38.0 Å². The van der Waals surface area contributed by atoms with Crippen LogP contribution in [0.3, 0.4) is 0 Å². The van der Waals surface area contributed by atoms with Gasteiger partial charge in [0.05, 0.1) is 19.8 Å². The Hall–Kier alpha value is -1.48. The van der Waals surface area contributed by atoms with Gasteiger partial charge in [-0.25, -0.2) is 0 Å². The van der Waals surface area contributed by atoms with Gasteiger partial charge in [0.15, 0.2) is 0 Å². The van der Waals surface area contributed by atoms with Crippen LogP contribution >= 0.6 is 11.8 Å². The lowest BCUT2D eigenvalue weighted by molar-refractivity contribution is -0.121. The third-order valence-corrected chi connectivity index (χ3v) is 4.88. The molecule has 1 atom stereocenters. The number of ether oxygens (including phenoxy) is 3. The molecule has 1 unspecified atom stereocenters. The minimum absolute atomic E-state index is 0.0783. The molecule has 144 valence electrons. The van der Waals surface area contributed by atoms with Crippen molar-refractivity contribution >= 4 is 17.5 Å². The summed E-state index contributed by atoms with van der Waals surface area (Å²) in [6.07, 6.45) is 5.66. The SMILES string of the molecule is C#CCOCCOCCOc1ccc(C(CC(=O)C(C)C)SCC)cc1. The number of hydrogen-bond acceptors (Lipinski definition) is 5. The summed E-state index contributed by atoms with van der Waals surface area (Å²) in [5.41, 5.74) is 1.17. The molecule has 5 heteroatoms. The lowest BCUT2D eigenvalue weighted by Crippen LogP contribution is -2.11. The molecule has 0 bridgehead atoms. The van der Waals surface area contributed by atoms with E-state index in [0.717, 1.165) is 11.5 Å². The van der Waals surface area contributed by atoms with Crippen LogP contribution in [0.2, 0.25) is 0 Å². The van der Waals surface area contributed by atoms with Gasteiger partial charge in [-0.1, -0.05) is 38.8 Å². The molecule has 0 radical (unpaired) electrons. The van der Waals surface area contributed by atoms with Gasteiger partial charge in [-0.05, 0) is 23.4 Å². The predicted molar refractivity (Wildman–Crippen MR) is 108 cm³/mol. The van der Waals surface area contributed by atoms with Crippen molar-refractivity contribution in [3.8, 4) is 18.1 Å². The van der Waals surface area contributed by atoms with E-state index in [4.69, 9.17) is 20.6 Å². The topological polar surface area (TPSA) is 44.8 Å². The zero-order valence-corrected chi connectivity index (χ0v) is 16.8. The fourth-order valence-electron chi connectivity index (χ4n) is 2.24. The number of Topliss-reactive ketones (excluding diaryl/α,β-unsaturated/α-hetero) is 1. The molecule has 0 fully saturated rings. The van der Waals surface area contributed by atoms with E-state index in [1.54, 1.807) is 0 Å².